The molecule has 1 aromatic heterocycles. The third kappa shape index (κ3) is 4.84. The van der Waals surface area contributed by atoms with Gasteiger partial charge in [-0.15, -0.1) is 0 Å². The first-order valence-corrected chi connectivity index (χ1v) is 8.83. The summed E-state index contributed by atoms with van der Waals surface area (Å²) in [6.45, 7) is 11.4. The number of rotatable bonds is 7. The van der Waals surface area contributed by atoms with Gasteiger partial charge in [0.15, 0.2) is 0 Å². The van der Waals surface area contributed by atoms with Crippen molar-refractivity contribution in [1.29, 1.82) is 0 Å². The molecule has 0 spiro atoms. The van der Waals surface area contributed by atoms with Crippen molar-refractivity contribution in [3.8, 4) is 0 Å². The maximum atomic E-state index is 4.63. The minimum atomic E-state index is 0.590. The second-order valence-electron chi connectivity index (χ2n) is 7.24. The van der Waals surface area contributed by atoms with Gasteiger partial charge in [0, 0.05) is 31.4 Å². The molecule has 120 valence electrons. The van der Waals surface area contributed by atoms with Crippen LogP contribution >= 0.6 is 0 Å². The van der Waals surface area contributed by atoms with Gasteiger partial charge in [-0.25, -0.2) is 4.98 Å². The van der Waals surface area contributed by atoms with Crippen LogP contribution in [-0.2, 0) is 13.0 Å². The number of aryl methyl sites for hydroxylation is 1. The molecule has 0 bridgehead atoms. The van der Waals surface area contributed by atoms with Crippen LogP contribution in [0.4, 0.5) is 0 Å². The molecular weight excluding hydrogens is 258 g/mol. The summed E-state index contributed by atoms with van der Waals surface area (Å²) in [6, 6.07) is 0.590. The molecule has 1 aromatic rings. The van der Waals surface area contributed by atoms with Crippen LogP contribution in [0, 0.1) is 17.8 Å². The largest absolute Gasteiger partial charge is 0.335 e. The molecule has 3 nitrogen and oxygen atoms in total. The van der Waals surface area contributed by atoms with Crippen molar-refractivity contribution >= 4 is 0 Å². The van der Waals surface area contributed by atoms with Gasteiger partial charge >= 0.3 is 0 Å². The zero-order valence-corrected chi connectivity index (χ0v) is 14.3. The molecule has 2 rings (SSSR count). The molecule has 0 aliphatic heterocycles. The molecule has 0 saturated heterocycles. The van der Waals surface area contributed by atoms with Gasteiger partial charge in [-0.2, -0.15) is 0 Å². The summed E-state index contributed by atoms with van der Waals surface area (Å²) in [4.78, 5) is 4.63. The lowest BCUT2D eigenvalue weighted by Gasteiger charge is -2.35. The van der Waals surface area contributed by atoms with Crippen LogP contribution in [-0.4, -0.2) is 22.1 Å². The third-order valence-electron chi connectivity index (χ3n) is 4.90. The Morgan fingerprint density at radius 2 is 2.14 bits per heavy atom. The lowest BCUT2D eigenvalue weighted by molar-refractivity contribution is 0.178. The highest BCUT2D eigenvalue weighted by Gasteiger charge is 2.29. The van der Waals surface area contributed by atoms with Crippen LogP contribution in [0.1, 0.15) is 59.2 Å². The summed E-state index contributed by atoms with van der Waals surface area (Å²) in [5.74, 6) is 3.78. The van der Waals surface area contributed by atoms with E-state index in [9.17, 15) is 0 Å². The Hall–Kier alpha value is -0.830. The molecule has 0 aromatic carbocycles. The van der Waals surface area contributed by atoms with Crippen molar-refractivity contribution in [3.63, 3.8) is 0 Å². The molecule has 1 aliphatic rings. The first-order valence-electron chi connectivity index (χ1n) is 8.83. The van der Waals surface area contributed by atoms with E-state index in [-0.39, 0.29) is 0 Å². The van der Waals surface area contributed by atoms with E-state index in [0.29, 0.717) is 6.04 Å². The van der Waals surface area contributed by atoms with Crippen LogP contribution in [0.15, 0.2) is 12.4 Å². The number of nitrogens with zero attached hydrogens (tertiary/aromatic N) is 2. The van der Waals surface area contributed by atoms with E-state index >= 15 is 0 Å². The van der Waals surface area contributed by atoms with Gasteiger partial charge in [-0.1, -0.05) is 34.1 Å². The van der Waals surface area contributed by atoms with Crippen LogP contribution in [0.2, 0.25) is 0 Å². The highest BCUT2D eigenvalue weighted by molar-refractivity contribution is 4.96. The van der Waals surface area contributed by atoms with Crippen LogP contribution in [0.3, 0.4) is 0 Å². The smallest absolute Gasteiger partial charge is 0.108 e. The van der Waals surface area contributed by atoms with Crippen molar-refractivity contribution in [1.82, 2.24) is 14.9 Å². The zero-order valence-electron chi connectivity index (χ0n) is 14.3. The molecule has 3 unspecified atom stereocenters. The predicted molar refractivity (Wildman–Crippen MR) is 89.4 cm³/mol. The second kappa shape index (κ2) is 7.98. The molecule has 1 N–H and O–H groups in total. The highest BCUT2D eigenvalue weighted by Crippen LogP contribution is 2.35. The van der Waals surface area contributed by atoms with Gasteiger partial charge in [0.1, 0.15) is 5.82 Å². The van der Waals surface area contributed by atoms with Crippen molar-refractivity contribution in [2.75, 3.05) is 6.54 Å². The SMILES string of the molecule is CCCn1ccnc1CC1CC(C)CCC1CNC(C)C. The molecular formula is C18H33N3. The Kier molecular flexibility index (Phi) is 6.28. The van der Waals surface area contributed by atoms with Gasteiger partial charge < -0.3 is 9.88 Å². The van der Waals surface area contributed by atoms with Crippen LogP contribution in [0.5, 0.6) is 0 Å². The molecule has 3 atom stereocenters. The predicted octanol–water partition coefficient (Wildman–Crippen LogP) is 3.89. The molecule has 21 heavy (non-hydrogen) atoms. The lowest BCUT2D eigenvalue weighted by atomic mass is 9.73. The average Bonchev–Trinajstić information content (AvgIpc) is 2.85. The van der Waals surface area contributed by atoms with Crippen LogP contribution < -0.4 is 5.32 Å². The summed E-state index contributed by atoms with van der Waals surface area (Å²) >= 11 is 0. The number of aromatic nitrogens is 2. The van der Waals surface area contributed by atoms with E-state index in [1.165, 1.54) is 38.1 Å². The van der Waals surface area contributed by atoms with Crippen molar-refractivity contribution < 1.29 is 0 Å². The van der Waals surface area contributed by atoms with Gasteiger partial charge in [-0.3, -0.25) is 0 Å². The lowest BCUT2D eigenvalue weighted by Crippen LogP contribution is -2.36. The number of imidazole rings is 1. The number of hydrogen-bond acceptors (Lipinski definition) is 2. The minimum Gasteiger partial charge on any atom is -0.335 e. The molecule has 1 aliphatic carbocycles. The number of nitrogens with one attached hydrogen (secondary N) is 1. The average molecular weight is 291 g/mol. The molecule has 0 amide bonds. The fraction of sp³-hybridized carbons (Fsp3) is 0.833. The Balaban J connectivity index is 2.00. The molecule has 1 fully saturated rings. The monoisotopic (exact) mass is 291 g/mol. The number of hydrogen-bond donors (Lipinski definition) is 1. The Bertz CT molecular complexity index is 410. The second-order valence-corrected chi connectivity index (χ2v) is 7.24. The normalized spacial score (nSPS) is 26.4. The van der Waals surface area contributed by atoms with E-state index in [4.69, 9.17) is 0 Å². The van der Waals surface area contributed by atoms with E-state index < -0.39 is 0 Å². The first-order chi connectivity index (χ1) is 10.1. The highest BCUT2D eigenvalue weighted by atomic mass is 15.1. The molecule has 0 radical (unpaired) electrons. The van der Waals surface area contributed by atoms with E-state index in [0.717, 1.165) is 30.7 Å². The summed E-state index contributed by atoms with van der Waals surface area (Å²) in [5.41, 5.74) is 0. The van der Waals surface area contributed by atoms with E-state index in [2.05, 4.69) is 48.8 Å². The van der Waals surface area contributed by atoms with E-state index in [1.54, 1.807) is 0 Å². The summed E-state index contributed by atoms with van der Waals surface area (Å²) in [7, 11) is 0. The van der Waals surface area contributed by atoms with Gasteiger partial charge in [-0.05, 0) is 43.6 Å². The van der Waals surface area contributed by atoms with Crippen LogP contribution in [0.25, 0.3) is 0 Å². The summed E-state index contributed by atoms with van der Waals surface area (Å²) < 4.78 is 2.35. The Morgan fingerprint density at radius 3 is 2.86 bits per heavy atom. The summed E-state index contributed by atoms with van der Waals surface area (Å²) in [5, 5.41) is 3.65. The van der Waals surface area contributed by atoms with Crippen molar-refractivity contribution in [2.24, 2.45) is 17.8 Å². The zero-order chi connectivity index (χ0) is 15.2. The van der Waals surface area contributed by atoms with Crippen molar-refractivity contribution in [3.05, 3.63) is 18.2 Å². The molecule has 1 saturated carbocycles. The van der Waals surface area contributed by atoms with E-state index in [1.807, 2.05) is 6.20 Å². The van der Waals surface area contributed by atoms with Gasteiger partial charge in [0.2, 0.25) is 0 Å². The van der Waals surface area contributed by atoms with Gasteiger partial charge in [0.05, 0.1) is 0 Å². The minimum absolute atomic E-state index is 0.590. The third-order valence-corrected chi connectivity index (χ3v) is 4.90. The molecule has 3 heteroatoms. The maximum absolute atomic E-state index is 4.63. The Morgan fingerprint density at radius 1 is 1.33 bits per heavy atom. The summed E-state index contributed by atoms with van der Waals surface area (Å²) in [6.07, 6.45) is 10.6. The van der Waals surface area contributed by atoms with Crippen molar-refractivity contribution in [2.45, 2.75) is 72.4 Å². The fourth-order valence-corrected chi connectivity index (χ4v) is 3.68. The fourth-order valence-electron chi connectivity index (χ4n) is 3.68. The standard InChI is InChI=1S/C18H33N3/c1-5-9-21-10-8-19-18(21)12-17-11-15(4)6-7-16(17)13-20-14(2)3/h8,10,14-17,20H,5-7,9,11-13H2,1-4H3. The quantitative estimate of drug-likeness (QED) is 0.826. The topological polar surface area (TPSA) is 29.9 Å². The maximum Gasteiger partial charge on any atom is 0.108 e. The first kappa shape index (κ1) is 16.5. The molecule has 1 heterocycles. The Labute approximate surface area is 130 Å². The van der Waals surface area contributed by atoms with Gasteiger partial charge in [0.25, 0.3) is 0 Å².